The molecule has 0 heterocycles. The number of carbonyl (C=O) groups is 1. The van der Waals surface area contributed by atoms with Crippen molar-refractivity contribution in [1.82, 2.24) is 5.32 Å². The highest BCUT2D eigenvalue weighted by Crippen LogP contribution is 2.22. The quantitative estimate of drug-likeness (QED) is 0.652. The number of carboxylic acids is 1. The molecule has 118 valence electrons. The van der Waals surface area contributed by atoms with Crippen molar-refractivity contribution in [3.05, 3.63) is 29.8 Å². The molecule has 0 amide bonds. The van der Waals surface area contributed by atoms with Crippen LogP contribution in [0.25, 0.3) is 0 Å². The summed E-state index contributed by atoms with van der Waals surface area (Å²) in [7, 11) is 0. The normalized spacial score (nSPS) is 14.0. The van der Waals surface area contributed by atoms with E-state index >= 15 is 0 Å². The molecule has 0 saturated heterocycles. The predicted octanol–water partition coefficient (Wildman–Crippen LogP) is 2.35. The van der Waals surface area contributed by atoms with Gasteiger partial charge in [-0.1, -0.05) is 19.1 Å². The monoisotopic (exact) mass is 295 g/mol. The Morgan fingerprint density at radius 2 is 1.90 bits per heavy atom. The lowest BCUT2D eigenvalue weighted by molar-refractivity contribution is -0.138. The Bertz CT molecular complexity index is 430. The fourth-order valence-electron chi connectivity index (χ4n) is 2.06. The van der Waals surface area contributed by atoms with Crippen LogP contribution in [0.15, 0.2) is 24.3 Å². The molecule has 21 heavy (non-hydrogen) atoms. The highest BCUT2D eigenvalue weighted by atomic mass is 16.5. The average Bonchev–Trinajstić information content (AvgIpc) is 2.42. The predicted molar refractivity (Wildman–Crippen MR) is 81.5 cm³/mol. The van der Waals surface area contributed by atoms with Gasteiger partial charge in [-0.25, -0.2) is 0 Å². The first kappa shape index (κ1) is 17.5. The summed E-state index contributed by atoms with van der Waals surface area (Å²) in [6, 6.07) is 6.61. The van der Waals surface area contributed by atoms with Gasteiger partial charge in [0, 0.05) is 6.04 Å². The first-order valence-corrected chi connectivity index (χ1v) is 7.33. The van der Waals surface area contributed by atoms with Crippen LogP contribution < -0.4 is 10.1 Å². The zero-order chi connectivity index (χ0) is 15.8. The van der Waals surface area contributed by atoms with Gasteiger partial charge in [-0.2, -0.15) is 0 Å². The van der Waals surface area contributed by atoms with Crippen LogP contribution >= 0.6 is 0 Å². The van der Waals surface area contributed by atoms with E-state index in [-0.39, 0.29) is 12.5 Å². The van der Waals surface area contributed by atoms with Crippen LogP contribution in [0, 0.1) is 0 Å². The van der Waals surface area contributed by atoms with E-state index in [9.17, 15) is 9.90 Å². The third-order valence-electron chi connectivity index (χ3n) is 3.03. The number of ether oxygens (including phenoxy) is 1. The van der Waals surface area contributed by atoms with E-state index in [2.05, 4.69) is 5.32 Å². The Labute approximate surface area is 125 Å². The van der Waals surface area contributed by atoms with E-state index in [4.69, 9.17) is 9.84 Å². The second-order valence-electron chi connectivity index (χ2n) is 5.34. The fourth-order valence-corrected chi connectivity index (χ4v) is 2.06. The maximum Gasteiger partial charge on any atom is 0.305 e. The maximum atomic E-state index is 10.9. The molecule has 5 nitrogen and oxygen atoms in total. The number of rotatable bonds is 9. The Morgan fingerprint density at radius 3 is 2.38 bits per heavy atom. The molecular weight excluding hydrogens is 270 g/mol. The molecule has 0 aliphatic carbocycles. The van der Waals surface area contributed by atoms with Gasteiger partial charge in [0.1, 0.15) is 5.75 Å². The van der Waals surface area contributed by atoms with Crippen molar-refractivity contribution >= 4 is 5.97 Å². The van der Waals surface area contributed by atoms with Crippen molar-refractivity contribution in [2.75, 3.05) is 6.54 Å². The van der Waals surface area contributed by atoms with Crippen molar-refractivity contribution in [2.24, 2.45) is 0 Å². The number of nitrogens with one attached hydrogen (secondary N) is 1. The number of benzene rings is 1. The van der Waals surface area contributed by atoms with Gasteiger partial charge >= 0.3 is 5.97 Å². The molecular formula is C16H25NO4. The summed E-state index contributed by atoms with van der Waals surface area (Å²) in [5, 5.41) is 22.4. The van der Waals surface area contributed by atoms with E-state index in [1.165, 1.54) is 0 Å². The minimum atomic E-state index is -0.928. The number of carboxylic acid groups (broad SMARTS) is 1. The van der Waals surface area contributed by atoms with Gasteiger partial charge in [-0.15, -0.1) is 0 Å². The summed E-state index contributed by atoms with van der Waals surface area (Å²) < 4.78 is 5.55. The average molecular weight is 295 g/mol. The van der Waals surface area contributed by atoms with E-state index < -0.39 is 18.1 Å². The van der Waals surface area contributed by atoms with Gasteiger partial charge in [0.05, 0.1) is 18.6 Å². The lowest BCUT2D eigenvalue weighted by Crippen LogP contribution is -2.37. The van der Waals surface area contributed by atoms with Gasteiger partial charge in [0.25, 0.3) is 0 Å². The molecule has 2 atom stereocenters. The molecule has 0 fully saturated rings. The minimum Gasteiger partial charge on any atom is -0.491 e. The number of hydrogen-bond acceptors (Lipinski definition) is 4. The molecule has 0 radical (unpaired) electrons. The largest absolute Gasteiger partial charge is 0.491 e. The molecule has 1 aromatic rings. The summed E-state index contributed by atoms with van der Waals surface area (Å²) in [6.45, 7) is 6.56. The maximum absolute atomic E-state index is 10.9. The lowest BCUT2D eigenvalue weighted by atomic mass is 9.99. The van der Waals surface area contributed by atoms with Gasteiger partial charge in [-0.05, 0) is 44.5 Å². The zero-order valence-corrected chi connectivity index (χ0v) is 12.9. The van der Waals surface area contributed by atoms with E-state index in [0.717, 1.165) is 12.2 Å². The topological polar surface area (TPSA) is 78.8 Å². The van der Waals surface area contributed by atoms with Gasteiger partial charge < -0.3 is 20.3 Å². The highest BCUT2D eigenvalue weighted by Gasteiger charge is 2.23. The smallest absolute Gasteiger partial charge is 0.305 e. The van der Waals surface area contributed by atoms with Crippen LogP contribution in [0.4, 0.5) is 0 Å². The second kappa shape index (κ2) is 8.64. The van der Waals surface area contributed by atoms with Gasteiger partial charge in [-0.3, -0.25) is 4.79 Å². The Morgan fingerprint density at radius 1 is 1.29 bits per heavy atom. The molecule has 3 N–H and O–H groups in total. The molecule has 0 aromatic heterocycles. The van der Waals surface area contributed by atoms with E-state index in [1.54, 1.807) is 24.3 Å². The Balaban J connectivity index is 2.76. The third kappa shape index (κ3) is 6.14. The highest BCUT2D eigenvalue weighted by molar-refractivity contribution is 5.67. The molecule has 0 aliphatic heterocycles. The first-order chi connectivity index (χ1) is 9.93. The van der Waals surface area contributed by atoms with Crippen molar-refractivity contribution in [2.45, 2.75) is 51.9 Å². The first-order valence-electron chi connectivity index (χ1n) is 7.33. The summed E-state index contributed by atoms with van der Waals surface area (Å²) in [5.41, 5.74) is 0.681. The molecule has 0 spiro atoms. The molecule has 5 heteroatoms. The van der Waals surface area contributed by atoms with E-state index in [1.807, 2.05) is 20.8 Å². The van der Waals surface area contributed by atoms with E-state index in [0.29, 0.717) is 12.1 Å². The molecule has 1 rings (SSSR count). The molecule has 0 aliphatic rings. The lowest BCUT2D eigenvalue weighted by Gasteiger charge is -2.23. The Hall–Kier alpha value is -1.59. The zero-order valence-electron chi connectivity index (χ0n) is 12.9. The molecule has 1 aromatic carbocycles. The van der Waals surface area contributed by atoms with Crippen molar-refractivity contribution in [3.63, 3.8) is 0 Å². The number of aliphatic carboxylic acids is 1. The third-order valence-corrected chi connectivity index (χ3v) is 3.03. The van der Waals surface area contributed by atoms with Crippen LogP contribution in [-0.2, 0) is 4.79 Å². The second-order valence-corrected chi connectivity index (χ2v) is 5.34. The van der Waals surface area contributed by atoms with Gasteiger partial charge in [0.2, 0.25) is 0 Å². The minimum absolute atomic E-state index is 0.0896. The number of aliphatic hydroxyl groups excluding tert-OH is 1. The van der Waals surface area contributed by atoms with Crippen molar-refractivity contribution < 1.29 is 19.7 Å². The fraction of sp³-hybridized carbons (Fsp3) is 0.562. The van der Waals surface area contributed by atoms with Crippen LogP contribution in [0.5, 0.6) is 5.75 Å². The number of aliphatic hydroxyl groups is 1. The van der Waals surface area contributed by atoms with Gasteiger partial charge in [0.15, 0.2) is 0 Å². The standard InChI is InChI=1S/C16H25NO4/c1-4-9-17-14(10-15(18)19)16(20)12-5-7-13(8-6-12)21-11(2)3/h5-8,11,14,16-17,20H,4,9-10H2,1-3H3,(H,18,19). The molecule has 0 bridgehead atoms. The SMILES string of the molecule is CCCNC(CC(=O)O)C(O)c1ccc(OC(C)C)cc1. The number of hydrogen-bond donors (Lipinski definition) is 3. The summed E-state index contributed by atoms with van der Waals surface area (Å²) in [5.74, 6) is -0.195. The molecule has 2 unspecified atom stereocenters. The summed E-state index contributed by atoms with van der Waals surface area (Å²) in [4.78, 5) is 10.9. The van der Waals surface area contributed by atoms with Crippen LogP contribution in [0.2, 0.25) is 0 Å². The van der Waals surface area contributed by atoms with Crippen LogP contribution in [0.3, 0.4) is 0 Å². The Kier molecular flexibility index (Phi) is 7.19. The van der Waals surface area contributed by atoms with Crippen molar-refractivity contribution in [3.8, 4) is 5.75 Å². The summed E-state index contributed by atoms with van der Waals surface area (Å²) >= 11 is 0. The van der Waals surface area contributed by atoms with Crippen molar-refractivity contribution in [1.29, 1.82) is 0 Å². The van der Waals surface area contributed by atoms with Crippen LogP contribution in [0.1, 0.15) is 45.3 Å². The molecule has 0 saturated carbocycles. The van der Waals surface area contributed by atoms with Crippen LogP contribution in [-0.4, -0.2) is 34.9 Å². The summed E-state index contributed by atoms with van der Waals surface area (Å²) in [6.07, 6.45) is -0.0115.